The molecule has 0 unspecified atom stereocenters. The molecule has 7 rings (SSSR count). The topological polar surface area (TPSA) is 116 Å². The van der Waals surface area contributed by atoms with Crippen LogP contribution in [-0.2, 0) is 14.2 Å². The lowest BCUT2D eigenvalue weighted by Crippen LogP contribution is -2.76. The van der Waals surface area contributed by atoms with E-state index in [0.29, 0.717) is 22.5 Å². The minimum atomic E-state index is -0.708. The van der Waals surface area contributed by atoms with E-state index >= 15 is 0 Å². The van der Waals surface area contributed by atoms with Crippen LogP contribution in [0.5, 0.6) is 0 Å². The van der Waals surface area contributed by atoms with E-state index in [4.69, 9.17) is 14.2 Å². The molecule has 0 radical (unpaired) electrons. The van der Waals surface area contributed by atoms with E-state index in [-0.39, 0.29) is 29.8 Å². The summed E-state index contributed by atoms with van der Waals surface area (Å²) >= 11 is 0. The van der Waals surface area contributed by atoms with E-state index in [1.807, 2.05) is 36.6 Å². The van der Waals surface area contributed by atoms with Gasteiger partial charge >= 0.3 is 0 Å². The number of anilines is 1. The summed E-state index contributed by atoms with van der Waals surface area (Å²) in [5.74, 6) is -0.617. The Kier molecular flexibility index (Phi) is 4.96. The number of amides is 1. The molecule has 188 valence electrons. The number of benzene rings is 1. The molecule has 6 heterocycles. The number of imidazole rings is 1. The Morgan fingerprint density at radius 3 is 2.67 bits per heavy atom. The van der Waals surface area contributed by atoms with Gasteiger partial charge in [0.1, 0.15) is 24.6 Å². The van der Waals surface area contributed by atoms with Gasteiger partial charge in [-0.2, -0.15) is 0 Å². The van der Waals surface area contributed by atoms with Gasteiger partial charge in [0.05, 0.1) is 6.33 Å². The Labute approximate surface area is 208 Å². The summed E-state index contributed by atoms with van der Waals surface area (Å²) in [5.41, 5.74) is 1.87. The molecule has 0 saturated carbocycles. The van der Waals surface area contributed by atoms with Crippen molar-refractivity contribution in [2.75, 3.05) is 31.5 Å². The highest BCUT2D eigenvalue weighted by Gasteiger charge is 2.58. The zero-order chi connectivity index (χ0) is 24.5. The Balaban J connectivity index is 1.17. The van der Waals surface area contributed by atoms with Crippen molar-refractivity contribution in [3.05, 3.63) is 48.5 Å². The van der Waals surface area contributed by atoms with E-state index in [9.17, 15) is 4.79 Å². The van der Waals surface area contributed by atoms with Gasteiger partial charge in [-0.25, -0.2) is 15.0 Å². The number of hydrogen-bond acceptors (Lipinski definition) is 9. The number of hydrogen-bond donors (Lipinski definition) is 2. The lowest BCUT2D eigenvalue weighted by Gasteiger charge is -2.59. The van der Waals surface area contributed by atoms with Gasteiger partial charge in [-0.3, -0.25) is 14.3 Å². The van der Waals surface area contributed by atoms with Crippen LogP contribution in [0.4, 0.5) is 5.82 Å². The number of nitrogens with one attached hydrogen (secondary N) is 2. The lowest BCUT2D eigenvalue weighted by atomic mass is 9.79. The van der Waals surface area contributed by atoms with Crippen molar-refractivity contribution in [3.8, 4) is 0 Å². The zero-order valence-corrected chi connectivity index (χ0v) is 20.3. The fraction of sp³-hybridized carbons (Fsp3) is 0.520. The van der Waals surface area contributed by atoms with E-state index in [0.717, 1.165) is 26.2 Å². The Morgan fingerprint density at radius 1 is 1.14 bits per heavy atom. The average molecular weight is 492 g/mol. The van der Waals surface area contributed by atoms with Crippen molar-refractivity contribution in [1.29, 1.82) is 0 Å². The monoisotopic (exact) mass is 491 g/mol. The molecule has 1 spiro atoms. The maximum atomic E-state index is 12.7. The van der Waals surface area contributed by atoms with Crippen molar-refractivity contribution in [3.63, 3.8) is 0 Å². The highest BCUT2D eigenvalue weighted by Crippen LogP contribution is 2.45. The van der Waals surface area contributed by atoms with Crippen LogP contribution in [0.2, 0.25) is 0 Å². The van der Waals surface area contributed by atoms with Crippen molar-refractivity contribution in [2.45, 2.75) is 56.1 Å². The Bertz CT molecular complexity index is 1300. The summed E-state index contributed by atoms with van der Waals surface area (Å²) in [6.45, 7) is 7.79. The number of aromatic nitrogens is 4. The number of ether oxygens (including phenoxy) is 3. The first kappa shape index (κ1) is 22.3. The highest BCUT2D eigenvalue weighted by molar-refractivity contribution is 6.06. The van der Waals surface area contributed by atoms with Gasteiger partial charge in [-0.1, -0.05) is 18.2 Å². The maximum absolute atomic E-state index is 12.7. The van der Waals surface area contributed by atoms with Crippen LogP contribution >= 0.6 is 0 Å². The van der Waals surface area contributed by atoms with Gasteiger partial charge in [0.25, 0.3) is 5.91 Å². The number of fused-ring (bicyclic) bond motifs is 2. The van der Waals surface area contributed by atoms with Crippen LogP contribution in [0.1, 0.15) is 36.9 Å². The molecule has 2 aromatic heterocycles. The molecular formula is C25H29N7O4. The molecule has 2 N–H and O–H groups in total. The Hall–Kier alpha value is -2.96. The number of carbonyl (C=O) groups excluding carboxylic acids is 1. The van der Waals surface area contributed by atoms with E-state index < -0.39 is 12.0 Å². The third-order valence-electron chi connectivity index (χ3n) is 7.85. The van der Waals surface area contributed by atoms with Crippen molar-refractivity contribution >= 4 is 22.9 Å². The molecule has 1 amide bonds. The number of nitrogens with zero attached hydrogens (tertiary/aromatic N) is 5. The van der Waals surface area contributed by atoms with Gasteiger partial charge in [-0.05, 0) is 32.4 Å². The molecule has 11 heteroatoms. The minimum Gasteiger partial charge on any atom is -0.348 e. The van der Waals surface area contributed by atoms with Crippen molar-refractivity contribution in [2.24, 2.45) is 0 Å². The zero-order valence-electron chi connectivity index (χ0n) is 20.3. The van der Waals surface area contributed by atoms with Crippen LogP contribution < -0.4 is 10.6 Å². The molecule has 36 heavy (non-hydrogen) atoms. The van der Waals surface area contributed by atoms with Crippen molar-refractivity contribution < 1.29 is 19.0 Å². The standard InChI is InChI=1S/C25H29N7O4/c1-24(2)35-18-16(10-31-9-8-25(31)11-26-12-25)34-23(19(18)36-24)32-14-29-17-20(27-13-28-21(17)32)30-22(33)15-6-4-3-5-7-15/h3-7,13-14,16,18-19,23,26H,8-12H2,1-2H3,(H,27,28,30,33)/t16-,18-,19-,23-/m1/s1. The van der Waals surface area contributed by atoms with E-state index in [1.54, 1.807) is 18.5 Å². The maximum Gasteiger partial charge on any atom is 0.256 e. The molecule has 3 aromatic rings. The number of rotatable bonds is 5. The SMILES string of the molecule is CC1(C)O[C@@H]2[C@H](O1)[C@@H](CN1CCC13CNC3)O[C@H]2n1cnc2c(NC(=O)c3ccccc3)ncnc21. The molecular weight excluding hydrogens is 462 g/mol. The third-order valence-corrected chi connectivity index (χ3v) is 7.85. The number of carbonyl (C=O) groups is 1. The van der Waals surface area contributed by atoms with Crippen LogP contribution in [0.25, 0.3) is 11.2 Å². The summed E-state index contributed by atoms with van der Waals surface area (Å²) in [5, 5.41) is 6.26. The van der Waals surface area contributed by atoms with Crippen LogP contribution in [0.3, 0.4) is 0 Å². The molecule has 1 aromatic carbocycles. The summed E-state index contributed by atoms with van der Waals surface area (Å²) < 4.78 is 21.1. The third kappa shape index (κ3) is 3.46. The predicted molar refractivity (Wildman–Crippen MR) is 129 cm³/mol. The predicted octanol–water partition coefficient (Wildman–Crippen LogP) is 1.54. The van der Waals surface area contributed by atoms with Crippen molar-refractivity contribution in [1.82, 2.24) is 29.7 Å². The first-order chi connectivity index (χ1) is 17.4. The van der Waals surface area contributed by atoms with Crippen LogP contribution in [0, 0.1) is 0 Å². The van der Waals surface area contributed by atoms with Gasteiger partial charge in [0.2, 0.25) is 0 Å². The fourth-order valence-electron chi connectivity index (χ4n) is 5.83. The summed E-state index contributed by atoms with van der Waals surface area (Å²) in [7, 11) is 0. The summed E-state index contributed by atoms with van der Waals surface area (Å²) in [4.78, 5) is 28.5. The van der Waals surface area contributed by atoms with Gasteiger partial charge in [0, 0.05) is 37.3 Å². The second-order valence-electron chi connectivity index (χ2n) is 10.5. The number of likely N-dealkylation sites (tertiary alicyclic amines) is 1. The largest absolute Gasteiger partial charge is 0.348 e. The van der Waals surface area contributed by atoms with E-state index in [1.165, 1.54) is 12.7 Å². The lowest BCUT2D eigenvalue weighted by molar-refractivity contribution is -0.203. The smallest absolute Gasteiger partial charge is 0.256 e. The Morgan fingerprint density at radius 2 is 1.94 bits per heavy atom. The average Bonchev–Trinajstić information content (AvgIpc) is 3.48. The molecule has 4 aliphatic heterocycles. The molecule has 4 saturated heterocycles. The minimum absolute atomic E-state index is 0.143. The summed E-state index contributed by atoms with van der Waals surface area (Å²) in [6.07, 6.45) is 3.20. The molecule has 4 fully saturated rings. The highest BCUT2D eigenvalue weighted by atomic mass is 16.8. The van der Waals surface area contributed by atoms with Crippen LogP contribution in [0.15, 0.2) is 43.0 Å². The quantitative estimate of drug-likeness (QED) is 0.548. The first-order valence-corrected chi connectivity index (χ1v) is 12.4. The van der Waals surface area contributed by atoms with E-state index in [2.05, 4.69) is 30.5 Å². The first-order valence-electron chi connectivity index (χ1n) is 12.4. The second kappa shape index (κ2) is 8.02. The molecule has 0 aliphatic carbocycles. The van der Waals surface area contributed by atoms with Crippen LogP contribution in [-0.4, -0.2) is 86.1 Å². The molecule has 0 bridgehead atoms. The van der Waals surface area contributed by atoms with Gasteiger partial charge in [-0.15, -0.1) is 0 Å². The molecule has 4 atom stereocenters. The van der Waals surface area contributed by atoms with Gasteiger partial charge < -0.3 is 24.8 Å². The van der Waals surface area contributed by atoms with Gasteiger partial charge in [0.15, 0.2) is 29.0 Å². The summed E-state index contributed by atoms with van der Waals surface area (Å²) in [6, 6.07) is 9.00. The fourth-order valence-corrected chi connectivity index (χ4v) is 5.83. The molecule has 11 nitrogen and oxygen atoms in total. The molecule has 4 aliphatic rings. The second-order valence-corrected chi connectivity index (χ2v) is 10.5. The normalized spacial score (nSPS) is 30.2.